The Kier molecular flexibility index (Phi) is 2.60. The molecule has 0 amide bonds. The van der Waals surface area contributed by atoms with Crippen LogP contribution < -0.4 is 5.32 Å². The molecule has 0 unspecified atom stereocenters. The predicted molar refractivity (Wildman–Crippen MR) is 85.7 cm³/mol. The second-order valence-corrected chi connectivity index (χ2v) is 4.98. The van der Waals surface area contributed by atoms with Crippen LogP contribution in [0.15, 0.2) is 60.8 Å². The van der Waals surface area contributed by atoms with Gasteiger partial charge in [-0.15, -0.1) is 0 Å². The smallest absolute Gasteiger partial charge is 0.208 e. The summed E-state index contributed by atoms with van der Waals surface area (Å²) in [4.78, 5) is 9.03. The van der Waals surface area contributed by atoms with Crippen molar-refractivity contribution in [1.29, 1.82) is 0 Å². The van der Waals surface area contributed by atoms with E-state index in [1.807, 2.05) is 49.5 Å². The van der Waals surface area contributed by atoms with Crippen molar-refractivity contribution in [3.05, 3.63) is 60.8 Å². The van der Waals surface area contributed by atoms with Crippen LogP contribution in [-0.4, -0.2) is 14.5 Å². The first-order valence-electron chi connectivity index (χ1n) is 6.85. The summed E-state index contributed by atoms with van der Waals surface area (Å²) in [6.07, 6.45) is 1.81. The summed E-state index contributed by atoms with van der Waals surface area (Å²) in [6, 6.07) is 18.2. The fourth-order valence-corrected chi connectivity index (χ4v) is 2.59. The standard InChI is InChI=1S/C17H14N4/c1-21-16-10-3-2-7-15(16)20-17(21)19-14-9-4-8-13-12(14)6-5-11-18-13/h2-11H,1H3,(H,19,20). The molecule has 0 bridgehead atoms. The summed E-state index contributed by atoms with van der Waals surface area (Å²) in [6.45, 7) is 0. The topological polar surface area (TPSA) is 42.7 Å². The summed E-state index contributed by atoms with van der Waals surface area (Å²) in [5.41, 5.74) is 4.08. The molecule has 0 radical (unpaired) electrons. The lowest BCUT2D eigenvalue weighted by Gasteiger charge is -2.09. The molecule has 2 aromatic heterocycles. The van der Waals surface area contributed by atoms with Crippen LogP contribution in [0.4, 0.5) is 11.6 Å². The Bertz CT molecular complexity index is 934. The molecule has 102 valence electrons. The van der Waals surface area contributed by atoms with E-state index in [-0.39, 0.29) is 0 Å². The number of aryl methyl sites for hydroxylation is 1. The number of aromatic nitrogens is 3. The van der Waals surface area contributed by atoms with E-state index in [4.69, 9.17) is 0 Å². The van der Waals surface area contributed by atoms with Gasteiger partial charge in [-0.1, -0.05) is 18.2 Å². The number of rotatable bonds is 2. The number of nitrogens with zero attached hydrogens (tertiary/aromatic N) is 3. The summed E-state index contributed by atoms with van der Waals surface area (Å²) in [5.74, 6) is 0.826. The van der Waals surface area contributed by atoms with E-state index in [9.17, 15) is 0 Å². The molecular formula is C17H14N4. The van der Waals surface area contributed by atoms with Crippen molar-refractivity contribution in [2.45, 2.75) is 0 Å². The fourth-order valence-electron chi connectivity index (χ4n) is 2.59. The predicted octanol–water partition coefficient (Wildman–Crippen LogP) is 3.87. The number of nitrogens with one attached hydrogen (secondary N) is 1. The lowest BCUT2D eigenvalue weighted by molar-refractivity contribution is 0.959. The minimum absolute atomic E-state index is 0.826. The third-order valence-corrected chi connectivity index (χ3v) is 3.68. The number of fused-ring (bicyclic) bond motifs is 2. The molecule has 4 rings (SSSR count). The van der Waals surface area contributed by atoms with Gasteiger partial charge < -0.3 is 9.88 Å². The number of benzene rings is 2. The Labute approximate surface area is 122 Å². The minimum Gasteiger partial charge on any atom is -0.325 e. The van der Waals surface area contributed by atoms with Gasteiger partial charge in [0.05, 0.1) is 22.2 Å². The Balaban J connectivity index is 1.85. The molecule has 0 saturated heterocycles. The molecule has 4 aromatic rings. The quantitative estimate of drug-likeness (QED) is 0.603. The second-order valence-electron chi connectivity index (χ2n) is 4.98. The van der Waals surface area contributed by atoms with Gasteiger partial charge in [-0.25, -0.2) is 4.98 Å². The van der Waals surface area contributed by atoms with Gasteiger partial charge in [-0.3, -0.25) is 4.98 Å². The number of imidazole rings is 1. The molecule has 0 fully saturated rings. The average Bonchev–Trinajstić information content (AvgIpc) is 2.85. The van der Waals surface area contributed by atoms with Gasteiger partial charge in [0.25, 0.3) is 0 Å². The molecule has 0 atom stereocenters. The van der Waals surface area contributed by atoms with Gasteiger partial charge in [0, 0.05) is 18.6 Å². The monoisotopic (exact) mass is 274 g/mol. The van der Waals surface area contributed by atoms with Crippen LogP contribution in [0.2, 0.25) is 0 Å². The maximum Gasteiger partial charge on any atom is 0.208 e. The lowest BCUT2D eigenvalue weighted by Crippen LogP contribution is -1.99. The molecule has 1 N–H and O–H groups in total. The molecule has 0 saturated carbocycles. The number of para-hydroxylation sites is 2. The Morgan fingerprint density at radius 2 is 1.76 bits per heavy atom. The zero-order valence-corrected chi connectivity index (χ0v) is 11.6. The van der Waals surface area contributed by atoms with E-state index >= 15 is 0 Å². The van der Waals surface area contributed by atoms with Crippen molar-refractivity contribution in [3.63, 3.8) is 0 Å². The molecule has 21 heavy (non-hydrogen) atoms. The highest BCUT2D eigenvalue weighted by Crippen LogP contribution is 2.26. The number of pyridine rings is 1. The number of hydrogen-bond donors (Lipinski definition) is 1. The van der Waals surface area contributed by atoms with Crippen molar-refractivity contribution >= 4 is 33.6 Å². The van der Waals surface area contributed by atoms with Crippen molar-refractivity contribution in [2.75, 3.05) is 5.32 Å². The molecule has 4 heteroatoms. The highest BCUT2D eigenvalue weighted by atomic mass is 15.2. The van der Waals surface area contributed by atoms with Crippen LogP contribution in [0.3, 0.4) is 0 Å². The van der Waals surface area contributed by atoms with Crippen LogP contribution in [0.5, 0.6) is 0 Å². The first kappa shape index (κ1) is 11.9. The fraction of sp³-hybridized carbons (Fsp3) is 0.0588. The molecule has 0 aliphatic rings. The summed E-state index contributed by atoms with van der Waals surface area (Å²) in [7, 11) is 2.01. The van der Waals surface area contributed by atoms with Gasteiger partial charge in [0.1, 0.15) is 0 Å². The van der Waals surface area contributed by atoms with E-state index in [1.165, 1.54) is 0 Å². The van der Waals surface area contributed by atoms with Gasteiger partial charge in [-0.05, 0) is 36.4 Å². The number of anilines is 2. The molecule has 0 aliphatic carbocycles. The van der Waals surface area contributed by atoms with Crippen LogP contribution >= 0.6 is 0 Å². The number of hydrogen-bond acceptors (Lipinski definition) is 3. The molecule has 0 spiro atoms. The zero-order chi connectivity index (χ0) is 14.2. The molecule has 2 aromatic carbocycles. The Morgan fingerprint density at radius 1 is 0.905 bits per heavy atom. The van der Waals surface area contributed by atoms with Crippen LogP contribution in [-0.2, 0) is 7.05 Å². The molecule has 4 nitrogen and oxygen atoms in total. The van der Waals surface area contributed by atoms with Crippen molar-refractivity contribution < 1.29 is 0 Å². The van der Waals surface area contributed by atoms with E-state index < -0.39 is 0 Å². The summed E-state index contributed by atoms with van der Waals surface area (Å²) in [5, 5.41) is 4.51. The maximum atomic E-state index is 4.65. The highest BCUT2D eigenvalue weighted by Gasteiger charge is 2.08. The van der Waals surface area contributed by atoms with E-state index in [0.717, 1.165) is 33.6 Å². The molecular weight excluding hydrogens is 260 g/mol. The summed E-state index contributed by atoms with van der Waals surface area (Å²) >= 11 is 0. The van der Waals surface area contributed by atoms with Gasteiger partial charge in [0.15, 0.2) is 0 Å². The molecule has 0 aliphatic heterocycles. The normalized spacial score (nSPS) is 11.1. The van der Waals surface area contributed by atoms with Crippen molar-refractivity contribution in [2.24, 2.45) is 7.05 Å². The van der Waals surface area contributed by atoms with Crippen LogP contribution in [0.25, 0.3) is 21.9 Å². The van der Waals surface area contributed by atoms with Gasteiger partial charge in [-0.2, -0.15) is 0 Å². The van der Waals surface area contributed by atoms with Crippen LogP contribution in [0.1, 0.15) is 0 Å². The first-order valence-corrected chi connectivity index (χ1v) is 6.85. The average molecular weight is 274 g/mol. The SMILES string of the molecule is Cn1c(Nc2cccc3ncccc23)nc2ccccc21. The van der Waals surface area contributed by atoms with E-state index in [1.54, 1.807) is 6.20 Å². The second kappa shape index (κ2) is 4.59. The van der Waals surface area contributed by atoms with Crippen molar-refractivity contribution in [1.82, 2.24) is 14.5 Å². The third-order valence-electron chi connectivity index (χ3n) is 3.68. The minimum atomic E-state index is 0.826. The van der Waals surface area contributed by atoms with Crippen LogP contribution in [0, 0.1) is 0 Å². The Hall–Kier alpha value is -2.88. The summed E-state index contributed by atoms with van der Waals surface area (Å²) < 4.78 is 2.06. The largest absolute Gasteiger partial charge is 0.325 e. The first-order chi connectivity index (χ1) is 10.3. The lowest BCUT2D eigenvalue weighted by atomic mass is 10.2. The third kappa shape index (κ3) is 1.92. The van der Waals surface area contributed by atoms with Crippen molar-refractivity contribution in [3.8, 4) is 0 Å². The Morgan fingerprint density at radius 3 is 2.67 bits per heavy atom. The zero-order valence-electron chi connectivity index (χ0n) is 11.6. The molecule has 2 heterocycles. The van der Waals surface area contributed by atoms with E-state index in [2.05, 4.69) is 32.0 Å². The van der Waals surface area contributed by atoms with E-state index in [0.29, 0.717) is 0 Å². The maximum absolute atomic E-state index is 4.65. The van der Waals surface area contributed by atoms with Gasteiger partial charge in [0.2, 0.25) is 5.95 Å². The van der Waals surface area contributed by atoms with Gasteiger partial charge >= 0.3 is 0 Å². The highest BCUT2D eigenvalue weighted by molar-refractivity contribution is 5.93.